The standard InChI is InChI=1S/C12H14BrFN2O3S/c1-16(6-7-2-3-7)12(17)8-4-9(14)11(13)10(5-8)20(15,18)19/h4-5,7H,2-3,6H2,1H3,(H2,15,18,19). The van der Waals surface area contributed by atoms with E-state index in [-0.39, 0.29) is 10.0 Å². The van der Waals surface area contributed by atoms with Gasteiger partial charge in [-0.25, -0.2) is 17.9 Å². The van der Waals surface area contributed by atoms with Crippen LogP contribution in [0.3, 0.4) is 0 Å². The Balaban J connectivity index is 2.36. The zero-order valence-electron chi connectivity index (χ0n) is 10.8. The molecule has 1 fully saturated rings. The van der Waals surface area contributed by atoms with Crippen LogP contribution in [0.1, 0.15) is 23.2 Å². The molecule has 2 N–H and O–H groups in total. The second-order valence-electron chi connectivity index (χ2n) is 4.94. The molecule has 1 aromatic carbocycles. The molecule has 0 bridgehead atoms. The molecule has 1 aliphatic rings. The molecule has 0 aromatic heterocycles. The van der Waals surface area contributed by atoms with Gasteiger partial charge in [-0.05, 0) is 46.8 Å². The number of nitrogens with zero attached hydrogens (tertiary/aromatic N) is 1. The van der Waals surface area contributed by atoms with Gasteiger partial charge in [0, 0.05) is 19.2 Å². The van der Waals surface area contributed by atoms with Crippen molar-refractivity contribution in [1.82, 2.24) is 4.90 Å². The molecule has 2 rings (SSSR count). The SMILES string of the molecule is CN(CC1CC1)C(=O)c1cc(F)c(Br)c(S(N)(=O)=O)c1. The average molecular weight is 365 g/mol. The Kier molecular flexibility index (Phi) is 4.17. The summed E-state index contributed by atoms with van der Waals surface area (Å²) >= 11 is 2.83. The van der Waals surface area contributed by atoms with E-state index in [4.69, 9.17) is 5.14 Å². The van der Waals surface area contributed by atoms with Crippen LogP contribution >= 0.6 is 15.9 Å². The fourth-order valence-corrected chi connectivity index (χ4v) is 3.43. The number of sulfonamides is 1. The minimum Gasteiger partial charge on any atom is -0.341 e. The van der Waals surface area contributed by atoms with Gasteiger partial charge in [0.2, 0.25) is 10.0 Å². The van der Waals surface area contributed by atoms with Gasteiger partial charge < -0.3 is 4.90 Å². The molecule has 1 aliphatic carbocycles. The van der Waals surface area contributed by atoms with Crippen molar-refractivity contribution in [2.75, 3.05) is 13.6 Å². The van der Waals surface area contributed by atoms with Crippen LogP contribution in [-0.2, 0) is 10.0 Å². The maximum atomic E-state index is 13.7. The normalized spacial score (nSPS) is 15.2. The van der Waals surface area contributed by atoms with Crippen molar-refractivity contribution in [2.24, 2.45) is 11.1 Å². The summed E-state index contributed by atoms with van der Waals surface area (Å²) in [5, 5.41) is 5.01. The third kappa shape index (κ3) is 3.36. The Morgan fingerprint density at radius 2 is 2.10 bits per heavy atom. The Labute approximate surface area is 125 Å². The van der Waals surface area contributed by atoms with E-state index in [1.165, 1.54) is 4.90 Å². The minimum atomic E-state index is -4.11. The highest BCUT2D eigenvalue weighted by molar-refractivity contribution is 9.10. The zero-order chi connectivity index (χ0) is 15.1. The maximum Gasteiger partial charge on any atom is 0.253 e. The summed E-state index contributed by atoms with van der Waals surface area (Å²) < 4.78 is 36.3. The molecule has 0 radical (unpaired) electrons. The predicted molar refractivity (Wildman–Crippen MR) is 75.2 cm³/mol. The summed E-state index contributed by atoms with van der Waals surface area (Å²) in [6, 6.07) is 2.10. The molecule has 0 saturated heterocycles. The third-order valence-corrected chi connectivity index (χ3v) is 5.13. The molecule has 0 spiro atoms. The summed E-state index contributed by atoms with van der Waals surface area (Å²) in [4.78, 5) is 13.2. The molecule has 1 aromatic rings. The molecule has 1 amide bonds. The quantitative estimate of drug-likeness (QED) is 0.882. The molecular weight excluding hydrogens is 351 g/mol. The highest BCUT2D eigenvalue weighted by atomic mass is 79.9. The topological polar surface area (TPSA) is 80.5 Å². The van der Waals surface area contributed by atoms with Gasteiger partial charge in [-0.3, -0.25) is 4.79 Å². The van der Waals surface area contributed by atoms with Gasteiger partial charge in [0.15, 0.2) is 0 Å². The summed E-state index contributed by atoms with van der Waals surface area (Å²) in [7, 11) is -2.50. The first-order valence-corrected chi connectivity index (χ1v) is 8.31. The van der Waals surface area contributed by atoms with E-state index in [0.717, 1.165) is 25.0 Å². The van der Waals surface area contributed by atoms with Gasteiger partial charge in [0.1, 0.15) is 5.82 Å². The highest BCUT2D eigenvalue weighted by Gasteiger charge is 2.27. The fraction of sp³-hybridized carbons (Fsp3) is 0.417. The third-order valence-electron chi connectivity index (χ3n) is 3.12. The number of primary sulfonamides is 1. The fourth-order valence-electron chi connectivity index (χ4n) is 1.89. The van der Waals surface area contributed by atoms with Gasteiger partial charge in [0.05, 0.1) is 9.37 Å². The summed E-state index contributed by atoms with van der Waals surface area (Å²) in [5.74, 6) is -0.769. The molecule has 0 unspecified atom stereocenters. The van der Waals surface area contributed by atoms with Crippen LogP contribution in [0.2, 0.25) is 0 Å². The smallest absolute Gasteiger partial charge is 0.253 e. The van der Waals surface area contributed by atoms with E-state index in [2.05, 4.69) is 15.9 Å². The minimum absolute atomic E-state index is 0.0297. The van der Waals surface area contributed by atoms with E-state index in [9.17, 15) is 17.6 Å². The molecule has 0 aliphatic heterocycles. The molecule has 8 heteroatoms. The van der Waals surface area contributed by atoms with Crippen LogP contribution in [-0.4, -0.2) is 32.8 Å². The van der Waals surface area contributed by atoms with Crippen molar-refractivity contribution in [3.8, 4) is 0 Å². The Bertz CT molecular complexity index is 659. The summed E-state index contributed by atoms with van der Waals surface area (Å²) in [6.45, 7) is 0.585. The van der Waals surface area contributed by atoms with Gasteiger partial charge >= 0.3 is 0 Å². The Morgan fingerprint density at radius 3 is 2.60 bits per heavy atom. The summed E-state index contributed by atoms with van der Waals surface area (Å²) in [6.07, 6.45) is 2.16. The van der Waals surface area contributed by atoms with E-state index < -0.39 is 26.6 Å². The molecule has 20 heavy (non-hydrogen) atoms. The first kappa shape index (κ1) is 15.4. The van der Waals surface area contributed by atoms with Crippen LogP contribution < -0.4 is 5.14 Å². The maximum absolute atomic E-state index is 13.7. The van der Waals surface area contributed by atoms with Gasteiger partial charge in [-0.1, -0.05) is 0 Å². The van der Waals surface area contributed by atoms with Crippen molar-refractivity contribution in [2.45, 2.75) is 17.7 Å². The number of nitrogens with two attached hydrogens (primary N) is 1. The van der Waals surface area contributed by atoms with Crippen molar-refractivity contribution in [3.05, 3.63) is 28.0 Å². The molecule has 0 heterocycles. The Hall–Kier alpha value is -0.990. The van der Waals surface area contributed by atoms with Crippen LogP contribution in [0.25, 0.3) is 0 Å². The van der Waals surface area contributed by atoms with Crippen molar-refractivity contribution in [3.63, 3.8) is 0 Å². The molecule has 5 nitrogen and oxygen atoms in total. The lowest BCUT2D eigenvalue weighted by atomic mass is 10.2. The highest BCUT2D eigenvalue weighted by Crippen LogP contribution is 2.30. The largest absolute Gasteiger partial charge is 0.341 e. The predicted octanol–water partition coefficient (Wildman–Crippen LogP) is 1.72. The van der Waals surface area contributed by atoms with Gasteiger partial charge in [-0.15, -0.1) is 0 Å². The van der Waals surface area contributed by atoms with Crippen molar-refractivity contribution in [1.29, 1.82) is 0 Å². The molecule has 1 saturated carbocycles. The van der Waals surface area contributed by atoms with Crippen molar-refractivity contribution >= 4 is 31.9 Å². The van der Waals surface area contributed by atoms with Crippen LogP contribution in [0.5, 0.6) is 0 Å². The van der Waals surface area contributed by atoms with E-state index >= 15 is 0 Å². The van der Waals surface area contributed by atoms with Crippen molar-refractivity contribution < 1.29 is 17.6 Å². The number of carbonyl (C=O) groups excluding carboxylic acids is 1. The summed E-state index contributed by atoms with van der Waals surface area (Å²) in [5.41, 5.74) is -0.0297. The molecule has 0 atom stereocenters. The monoisotopic (exact) mass is 364 g/mol. The number of rotatable bonds is 4. The number of hydrogen-bond acceptors (Lipinski definition) is 3. The number of hydrogen-bond donors (Lipinski definition) is 1. The van der Waals surface area contributed by atoms with Crippen LogP contribution in [0.15, 0.2) is 21.5 Å². The van der Waals surface area contributed by atoms with E-state index in [1.54, 1.807) is 7.05 Å². The number of amides is 1. The zero-order valence-corrected chi connectivity index (χ0v) is 13.2. The molecule has 110 valence electrons. The second-order valence-corrected chi connectivity index (χ2v) is 7.27. The second kappa shape index (κ2) is 5.42. The number of benzene rings is 1. The van der Waals surface area contributed by atoms with Crippen LogP contribution in [0, 0.1) is 11.7 Å². The first-order chi connectivity index (χ1) is 9.20. The van der Waals surface area contributed by atoms with Gasteiger partial charge in [0.25, 0.3) is 5.91 Å². The average Bonchev–Trinajstić information content (AvgIpc) is 3.13. The van der Waals surface area contributed by atoms with Gasteiger partial charge in [-0.2, -0.15) is 0 Å². The number of halogens is 2. The van der Waals surface area contributed by atoms with E-state index in [0.29, 0.717) is 12.5 Å². The van der Waals surface area contributed by atoms with E-state index in [1.807, 2.05) is 0 Å². The first-order valence-electron chi connectivity index (χ1n) is 5.97. The molecular formula is C12H14BrFN2O3S. The van der Waals surface area contributed by atoms with Crippen LogP contribution in [0.4, 0.5) is 4.39 Å². The Morgan fingerprint density at radius 1 is 1.50 bits per heavy atom. The lowest BCUT2D eigenvalue weighted by Crippen LogP contribution is -2.29. The lowest BCUT2D eigenvalue weighted by Gasteiger charge is -2.17. The lowest BCUT2D eigenvalue weighted by molar-refractivity contribution is 0.0788. The number of carbonyl (C=O) groups is 1.